The first-order valence-electron chi connectivity index (χ1n) is 37.0. The van der Waals surface area contributed by atoms with Crippen LogP contribution in [0.3, 0.4) is 0 Å². The molecule has 0 radical (unpaired) electrons. The van der Waals surface area contributed by atoms with Crippen LogP contribution in [0.2, 0.25) is 0 Å². The molecule has 89 heavy (non-hydrogen) atoms. The molecule has 0 spiro atoms. The summed E-state index contributed by atoms with van der Waals surface area (Å²) in [5.41, 5.74) is 0. The van der Waals surface area contributed by atoms with E-state index in [1.165, 1.54) is 180 Å². The van der Waals surface area contributed by atoms with Crippen LogP contribution in [0.15, 0.2) is 97.2 Å². The molecule has 0 aromatic rings. The van der Waals surface area contributed by atoms with Gasteiger partial charge >= 0.3 is 5.97 Å². The van der Waals surface area contributed by atoms with Crippen LogP contribution in [0.5, 0.6) is 0 Å². The number of ether oxygens (including phenoxy) is 3. The lowest BCUT2D eigenvalue weighted by Crippen LogP contribution is -2.61. The smallest absolute Gasteiger partial charge is 0.306 e. The molecule has 0 aromatic carbocycles. The molecule has 0 saturated carbocycles. The summed E-state index contributed by atoms with van der Waals surface area (Å²) in [6.07, 6.45) is 77.3. The molecule has 6 N–H and O–H groups in total. The monoisotopic (exact) mass is 1250 g/mol. The number of carbonyl (C=O) groups excluding carboxylic acids is 2. The van der Waals surface area contributed by atoms with Crippen molar-refractivity contribution in [1.82, 2.24) is 5.32 Å². The summed E-state index contributed by atoms with van der Waals surface area (Å²) in [6, 6.07) is -1.04. The zero-order chi connectivity index (χ0) is 64.6. The number of aliphatic hydroxyl groups excluding tert-OH is 5. The fourth-order valence-electron chi connectivity index (χ4n) is 11.2. The Hall–Kier alpha value is -3.42. The Bertz CT molecular complexity index is 1820. The summed E-state index contributed by atoms with van der Waals surface area (Å²) in [7, 11) is 0. The Balaban J connectivity index is 2.59. The molecule has 1 aliphatic rings. The van der Waals surface area contributed by atoms with Gasteiger partial charge in [0.2, 0.25) is 5.91 Å². The van der Waals surface area contributed by atoms with Crippen molar-refractivity contribution in [2.75, 3.05) is 13.2 Å². The lowest BCUT2D eigenvalue weighted by molar-refractivity contribution is -0.305. The van der Waals surface area contributed by atoms with E-state index in [2.05, 4.69) is 111 Å². The molecule has 1 aliphatic heterocycles. The topological polar surface area (TPSA) is 175 Å². The number of carbonyl (C=O) groups is 2. The molecule has 1 rings (SSSR count). The highest BCUT2D eigenvalue weighted by Gasteiger charge is 2.47. The van der Waals surface area contributed by atoms with Crippen molar-refractivity contribution >= 4 is 11.9 Å². The molecule has 0 aromatic heterocycles. The maximum absolute atomic E-state index is 13.5. The number of esters is 1. The van der Waals surface area contributed by atoms with E-state index in [0.29, 0.717) is 12.8 Å². The standard InChI is InChI=1S/C78H137NO10/c1-4-7-10-13-16-19-22-25-27-29-31-33-35-36-37-39-41-43-45-48-51-54-57-60-63-66-73(83)89-76-75(85)74(84)72(67-80)88-78(76)87-68-69(70(81)64-61-58-55-52-49-46-24-21-18-15-12-9-6-3)79-77(86)71(82)65-62-59-56-53-50-47-44-42-40-38-34-32-30-28-26-23-20-17-14-11-8-5-2/h8,11,17,20,25-28,32,34,40,42,47,50,61,64,69-72,74-76,78,80-82,84-85H,4-7,9-10,12-16,18-19,21-24,29-31,33,35-39,41,43-46,48-49,51-60,62-63,65-68H2,1-3H3,(H,79,86)/b11-8-,20-17-,27-25+,28-26-,34-32-,42-40-,50-47-,64-61+. The van der Waals surface area contributed by atoms with Gasteiger partial charge in [-0.1, -0.05) is 311 Å². The minimum atomic E-state index is -1.62. The highest BCUT2D eigenvalue weighted by atomic mass is 16.7. The van der Waals surface area contributed by atoms with Crippen LogP contribution in [-0.2, 0) is 23.8 Å². The van der Waals surface area contributed by atoms with E-state index in [1.807, 2.05) is 6.08 Å². The number of nitrogens with one attached hydrogen (secondary N) is 1. The van der Waals surface area contributed by atoms with Crippen LogP contribution >= 0.6 is 0 Å². The maximum atomic E-state index is 13.5. The molecule has 8 atom stereocenters. The van der Waals surface area contributed by atoms with Gasteiger partial charge < -0.3 is 45.1 Å². The Morgan fingerprint density at radius 3 is 1.22 bits per heavy atom. The molecule has 1 fully saturated rings. The van der Waals surface area contributed by atoms with Gasteiger partial charge in [-0.2, -0.15) is 0 Å². The van der Waals surface area contributed by atoms with Gasteiger partial charge in [-0.3, -0.25) is 9.59 Å². The average molecular weight is 1250 g/mol. The Morgan fingerprint density at radius 2 is 0.809 bits per heavy atom. The maximum Gasteiger partial charge on any atom is 0.306 e. The number of hydrogen-bond acceptors (Lipinski definition) is 10. The van der Waals surface area contributed by atoms with Crippen LogP contribution in [0, 0.1) is 0 Å². The highest BCUT2D eigenvalue weighted by Crippen LogP contribution is 2.26. The molecule has 0 aliphatic carbocycles. The van der Waals surface area contributed by atoms with Crippen LogP contribution in [0.4, 0.5) is 0 Å². The van der Waals surface area contributed by atoms with Crippen molar-refractivity contribution in [3.8, 4) is 0 Å². The largest absolute Gasteiger partial charge is 0.454 e. The van der Waals surface area contributed by atoms with E-state index in [9.17, 15) is 35.1 Å². The van der Waals surface area contributed by atoms with Gasteiger partial charge in [-0.05, 0) is 103 Å². The molecule has 514 valence electrons. The van der Waals surface area contributed by atoms with Gasteiger partial charge in [0.15, 0.2) is 12.4 Å². The van der Waals surface area contributed by atoms with Crippen molar-refractivity contribution in [2.45, 2.75) is 372 Å². The molecule has 0 bridgehead atoms. The van der Waals surface area contributed by atoms with E-state index in [1.54, 1.807) is 6.08 Å². The van der Waals surface area contributed by atoms with Crippen LogP contribution < -0.4 is 5.32 Å². The molecular weight excluding hydrogens is 1110 g/mol. The lowest BCUT2D eigenvalue weighted by atomic mass is 9.99. The summed E-state index contributed by atoms with van der Waals surface area (Å²) in [6.45, 7) is 5.69. The molecule has 11 heteroatoms. The summed E-state index contributed by atoms with van der Waals surface area (Å²) in [4.78, 5) is 26.7. The quantitative estimate of drug-likeness (QED) is 0.0195. The third-order valence-corrected chi connectivity index (χ3v) is 17.0. The van der Waals surface area contributed by atoms with Crippen LogP contribution in [0.1, 0.15) is 323 Å². The number of rotatable bonds is 63. The molecular formula is C78H137NO10. The fraction of sp³-hybridized carbons (Fsp3) is 0.769. The number of unbranched alkanes of at least 4 members (excludes halogenated alkanes) is 35. The van der Waals surface area contributed by atoms with E-state index in [-0.39, 0.29) is 19.4 Å². The first-order valence-corrected chi connectivity index (χ1v) is 37.0. The second-order valence-corrected chi connectivity index (χ2v) is 25.3. The van der Waals surface area contributed by atoms with Crippen molar-refractivity contribution in [3.05, 3.63) is 97.2 Å². The predicted molar refractivity (Wildman–Crippen MR) is 375 cm³/mol. The highest BCUT2D eigenvalue weighted by molar-refractivity contribution is 5.80. The molecule has 11 nitrogen and oxygen atoms in total. The number of hydrogen-bond donors (Lipinski definition) is 6. The van der Waals surface area contributed by atoms with Gasteiger partial charge in [0.1, 0.15) is 24.4 Å². The Kier molecular flexibility index (Phi) is 60.7. The van der Waals surface area contributed by atoms with Crippen LogP contribution in [0.25, 0.3) is 0 Å². The Labute approximate surface area is 546 Å². The van der Waals surface area contributed by atoms with Gasteiger partial charge in [-0.15, -0.1) is 0 Å². The third kappa shape index (κ3) is 51.7. The van der Waals surface area contributed by atoms with E-state index in [4.69, 9.17) is 14.2 Å². The first kappa shape index (κ1) is 83.6. The van der Waals surface area contributed by atoms with Crippen molar-refractivity contribution in [3.63, 3.8) is 0 Å². The zero-order valence-electron chi connectivity index (χ0n) is 57.3. The van der Waals surface area contributed by atoms with Gasteiger partial charge in [0.05, 0.1) is 25.4 Å². The first-order chi connectivity index (χ1) is 43.7. The summed E-state index contributed by atoms with van der Waals surface area (Å²) >= 11 is 0. The van der Waals surface area contributed by atoms with E-state index >= 15 is 0 Å². The second-order valence-electron chi connectivity index (χ2n) is 25.3. The van der Waals surface area contributed by atoms with Crippen molar-refractivity contribution in [1.29, 1.82) is 0 Å². The average Bonchev–Trinajstić information content (AvgIpc) is 3.11. The predicted octanol–water partition coefficient (Wildman–Crippen LogP) is 19.4. The third-order valence-electron chi connectivity index (χ3n) is 17.0. The van der Waals surface area contributed by atoms with Crippen molar-refractivity contribution < 1.29 is 49.3 Å². The van der Waals surface area contributed by atoms with E-state index < -0.39 is 67.4 Å². The summed E-state index contributed by atoms with van der Waals surface area (Å²) in [5, 5.41) is 57.3. The van der Waals surface area contributed by atoms with E-state index in [0.717, 1.165) is 96.3 Å². The SMILES string of the molecule is CC/C=C\C/C=C\C/C=C\C/C=C\C/C=C\C/C=C\CCCCCC(O)C(=O)NC(COC1OC(CO)C(O)C(O)C1OC(=O)CCCCCCCCCCCCCCCCC/C=C/CCCCCCCC)C(O)/C=C/CCCCCCCCCCCCC. The van der Waals surface area contributed by atoms with Crippen LogP contribution in [-0.4, -0.2) is 99.6 Å². The normalized spacial score (nSPS) is 18.7. The molecule has 1 amide bonds. The second kappa shape index (κ2) is 64.7. The molecule has 1 saturated heterocycles. The minimum absolute atomic E-state index is 0.119. The molecule has 1 heterocycles. The van der Waals surface area contributed by atoms with Gasteiger partial charge in [0.25, 0.3) is 0 Å². The minimum Gasteiger partial charge on any atom is -0.454 e. The van der Waals surface area contributed by atoms with Gasteiger partial charge in [0, 0.05) is 6.42 Å². The molecule has 8 unspecified atom stereocenters. The lowest BCUT2D eigenvalue weighted by Gasteiger charge is -2.41. The zero-order valence-corrected chi connectivity index (χ0v) is 57.3. The Morgan fingerprint density at radius 1 is 0.449 bits per heavy atom. The van der Waals surface area contributed by atoms with Gasteiger partial charge in [-0.25, -0.2) is 0 Å². The summed E-state index contributed by atoms with van der Waals surface area (Å²) < 4.78 is 17.7. The number of amides is 1. The number of aliphatic hydroxyl groups is 5. The summed E-state index contributed by atoms with van der Waals surface area (Å²) in [5.74, 6) is -1.22. The number of allylic oxidation sites excluding steroid dienone is 15. The fourth-order valence-corrected chi connectivity index (χ4v) is 11.2. The van der Waals surface area contributed by atoms with Crippen molar-refractivity contribution in [2.24, 2.45) is 0 Å².